The molecule has 0 N–H and O–H groups in total. The summed E-state index contributed by atoms with van der Waals surface area (Å²) >= 11 is 0. The molecule has 0 unspecified atom stereocenters. The van der Waals surface area contributed by atoms with Crippen LogP contribution in [0.5, 0.6) is 5.75 Å². The highest BCUT2D eigenvalue weighted by Crippen LogP contribution is 2.26. The predicted octanol–water partition coefficient (Wildman–Crippen LogP) is 8.85. The lowest BCUT2D eigenvalue weighted by molar-refractivity contribution is 0.0597. The summed E-state index contributed by atoms with van der Waals surface area (Å²) in [6.45, 7) is 0.812. The van der Waals surface area contributed by atoms with Crippen molar-refractivity contribution in [2.45, 2.75) is 6.10 Å². The maximum atomic E-state index is 12.5. The van der Waals surface area contributed by atoms with E-state index in [0.717, 1.165) is 11.4 Å². The van der Waals surface area contributed by atoms with E-state index in [-0.39, 0.29) is 11.1 Å². The van der Waals surface area contributed by atoms with Gasteiger partial charge in [0.2, 0.25) is 0 Å². The molecule has 5 aromatic carbocycles. The number of hydrogen-bond donors (Lipinski definition) is 0. The van der Waals surface area contributed by atoms with Crippen molar-refractivity contribution in [1.29, 1.82) is 10.5 Å². The number of rotatable bonds is 14. The van der Waals surface area contributed by atoms with E-state index in [2.05, 4.69) is 32.6 Å². The van der Waals surface area contributed by atoms with Gasteiger partial charge in [-0.25, -0.2) is 9.59 Å². The van der Waals surface area contributed by atoms with Crippen molar-refractivity contribution in [3.05, 3.63) is 138 Å². The molecule has 0 aliphatic rings. The number of ether oxygens (including phenoxy) is 3. The van der Waals surface area contributed by atoms with E-state index in [9.17, 15) is 9.59 Å². The fourth-order valence-electron chi connectivity index (χ4n) is 5.27. The lowest BCUT2D eigenvalue weighted by Crippen LogP contribution is -2.41. The minimum atomic E-state index is -0.621. The number of benzene rings is 5. The van der Waals surface area contributed by atoms with Crippen molar-refractivity contribution in [1.82, 2.24) is 0 Å². The second kappa shape index (κ2) is 18.2. The van der Waals surface area contributed by atoms with Gasteiger partial charge in [-0.15, -0.1) is 0 Å². The first-order valence-corrected chi connectivity index (χ1v) is 16.6. The van der Waals surface area contributed by atoms with E-state index in [1.54, 1.807) is 48.5 Å². The van der Waals surface area contributed by atoms with Gasteiger partial charge in [0.05, 0.1) is 84.5 Å². The van der Waals surface area contributed by atoms with Gasteiger partial charge < -0.3 is 24.0 Å². The first-order chi connectivity index (χ1) is 26.2. The van der Waals surface area contributed by atoms with Crippen LogP contribution in [0.3, 0.4) is 0 Å². The van der Waals surface area contributed by atoms with Crippen molar-refractivity contribution >= 4 is 46.1 Å². The highest BCUT2D eigenvalue weighted by atomic mass is 16.5. The standard InChI is InChI=1S/C41H36N8O5/c1-48(36-17-13-34(14-18-36)46-44-32-9-5-28(24-42)6-10-32)26-39(54-38-22-30(40(50)52-3)21-31(23-38)41(51)53-4)27-49(2)37-19-15-35(16-20-37)47-45-33-11-7-29(25-43)8-12-33/h5-23,39H,26-27H2,1-4H3. The number of anilines is 2. The first kappa shape index (κ1) is 37.9. The van der Waals surface area contributed by atoms with Gasteiger partial charge in [-0.3, -0.25) is 0 Å². The summed E-state index contributed by atoms with van der Waals surface area (Å²) in [7, 11) is 6.39. The Bertz CT molecular complexity index is 2050. The van der Waals surface area contributed by atoms with Crippen LogP contribution in [0.4, 0.5) is 34.1 Å². The van der Waals surface area contributed by atoms with Crippen LogP contribution in [0.15, 0.2) is 136 Å². The Morgan fingerprint density at radius 3 is 1.22 bits per heavy atom. The Morgan fingerprint density at radius 1 is 0.574 bits per heavy atom. The van der Waals surface area contributed by atoms with Crippen LogP contribution >= 0.6 is 0 Å². The van der Waals surface area contributed by atoms with Crippen molar-refractivity contribution < 1.29 is 23.8 Å². The van der Waals surface area contributed by atoms with Gasteiger partial charge in [-0.05, 0) is 115 Å². The van der Waals surface area contributed by atoms with Crippen molar-refractivity contribution in [3.63, 3.8) is 0 Å². The van der Waals surface area contributed by atoms with Crippen LogP contribution in [0.2, 0.25) is 0 Å². The number of carbonyl (C=O) groups excluding carboxylic acids is 2. The van der Waals surface area contributed by atoms with E-state index in [4.69, 9.17) is 24.7 Å². The molecule has 270 valence electrons. The van der Waals surface area contributed by atoms with Crippen LogP contribution in [0, 0.1) is 22.7 Å². The molecule has 5 aromatic rings. The Morgan fingerprint density at radius 2 is 0.907 bits per heavy atom. The summed E-state index contributed by atoms with van der Waals surface area (Å²) in [5, 5.41) is 35.2. The lowest BCUT2D eigenvalue weighted by atomic mass is 10.1. The molecule has 0 saturated carbocycles. The van der Waals surface area contributed by atoms with Gasteiger partial charge in [0.25, 0.3) is 0 Å². The Kier molecular flexibility index (Phi) is 12.8. The zero-order valence-corrected chi connectivity index (χ0v) is 30.1. The molecule has 0 saturated heterocycles. The number of methoxy groups -OCH3 is 2. The fraction of sp³-hybridized carbons (Fsp3) is 0.171. The molecule has 13 heteroatoms. The molecule has 0 aliphatic heterocycles. The summed E-state index contributed by atoms with van der Waals surface area (Å²) in [6, 6.07) is 37.4. The fourth-order valence-corrected chi connectivity index (χ4v) is 5.27. The van der Waals surface area contributed by atoms with Gasteiger partial charge in [0.1, 0.15) is 11.9 Å². The quantitative estimate of drug-likeness (QED) is 0.0804. The van der Waals surface area contributed by atoms with Gasteiger partial charge in [-0.2, -0.15) is 31.0 Å². The lowest BCUT2D eigenvalue weighted by Gasteiger charge is -2.31. The third-order valence-electron chi connectivity index (χ3n) is 8.14. The SMILES string of the molecule is COC(=O)c1cc(OC(CN(C)c2ccc(N=Nc3ccc(C#N)cc3)cc2)CN(C)c2ccc(N=Nc3ccc(C#N)cc3)cc2)cc(C(=O)OC)c1. The van der Waals surface area contributed by atoms with Crippen LogP contribution in [-0.2, 0) is 9.47 Å². The molecule has 0 radical (unpaired) electrons. The average molecular weight is 721 g/mol. The van der Waals surface area contributed by atoms with Gasteiger partial charge in [0.15, 0.2) is 0 Å². The van der Waals surface area contributed by atoms with E-state index in [1.807, 2.05) is 72.4 Å². The molecule has 54 heavy (non-hydrogen) atoms. The second-order valence-corrected chi connectivity index (χ2v) is 12.0. The number of azo groups is 2. The molecular formula is C41H36N8O5. The van der Waals surface area contributed by atoms with Crippen molar-refractivity contribution in [2.24, 2.45) is 20.5 Å². The average Bonchev–Trinajstić information content (AvgIpc) is 3.22. The first-order valence-electron chi connectivity index (χ1n) is 16.6. The number of nitriles is 2. The van der Waals surface area contributed by atoms with Gasteiger partial charge >= 0.3 is 11.9 Å². The molecule has 5 rings (SSSR count). The number of nitrogens with zero attached hydrogens (tertiary/aromatic N) is 8. The summed E-state index contributed by atoms with van der Waals surface area (Å²) in [4.78, 5) is 29.1. The number of hydrogen-bond acceptors (Lipinski definition) is 13. The molecule has 0 spiro atoms. The monoisotopic (exact) mass is 720 g/mol. The number of esters is 2. The Hall–Kier alpha value is -7.38. The van der Waals surface area contributed by atoms with Crippen molar-refractivity contribution in [3.8, 4) is 17.9 Å². The minimum Gasteiger partial charge on any atom is -0.487 e. The smallest absolute Gasteiger partial charge is 0.338 e. The summed E-state index contributed by atoms with van der Waals surface area (Å²) in [6.07, 6.45) is -0.482. The van der Waals surface area contributed by atoms with Gasteiger partial charge in [-0.1, -0.05) is 0 Å². The number of carbonyl (C=O) groups is 2. The number of likely N-dealkylation sites (N-methyl/N-ethyl adjacent to an activating group) is 2. The van der Waals surface area contributed by atoms with E-state index < -0.39 is 18.0 Å². The summed E-state index contributed by atoms with van der Waals surface area (Å²) in [5.74, 6) is -0.948. The zero-order chi connectivity index (χ0) is 38.5. The maximum Gasteiger partial charge on any atom is 0.338 e. The zero-order valence-electron chi connectivity index (χ0n) is 30.1. The van der Waals surface area contributed by atoms with Crippen molar-refractivity contribution in [2.75, 3.05) is 51.2 Å². The third kappa shape index (κ3) is 10.3. The van der Waals surface area contributed by atoms with Crippen LogP contribution in [0.1, 0.15) is 31.8 Å². The molecule has 0 bridgehead atoms. The molecule has 0 aliphatic carbocycles. The third-order valence-corrected chi connectivity index (χ3v) is 8.14. The molecule has 0 heterocycles. The second-order valence-electron chi connectivity index (χ2n) is 12.0. The topological polar surface area (TPSA) is 165 Å². The Balaban J connectivity index is 1.35. The maximum absolute atomic E-state index is 12.5. The summed E-state index contributed by atoms with van der Waals surface area (Å²) in [5.41, 5.74) is 5.73. The normalized spacial score (nSPS) is 11.4. The summed E-state index contributed by atoms with van der Waals surface area (Å²) < 4.78 is 16.4. The molecular weight excluding hydrogens is 685 g/mol. The van der Waals surface area contributed by atoms with Crippen LogP contribution in [0.25, 0.3) is 0 Å². The molecule has 13 nitrogen and oxygen atoms in total. The highest BCUT2D eigenvalue weighted by molar-refractivity contribution is 5.96. The minimum absolute atomic E-state index is 0.146. The van der Waals surface area contributed by atoms with Crippen LogP contribution < -0.4 is 14.5 Å². The highest BCUT2D eigenvalue weighted by Gasteiger charge is 2.21. The van der Waals surface area contributed by atoms with E-state index in [0.29, 0.717) is 52.7 Å². The van der Waals surface area contributed by atoms with E-state index >= 15 is 0 Å². The Labute approximate surface area is 313 Å². The predicted molar refractivity (Wildman–Crippen MR) is 204 cm³/mol. The molecule has 0 aromatic heterocycles. The molecule has 0 atom stereocenters. The van der Waals surface area contributed by atoms with E-state index in [1.165, 1.54) is 32.4 Å². The molecule has 0 fully saturated rings. The molecule has 0 amide bonds. The van der Waals surface area contributed by atoms with Gasteiger partial charge in [0, 0.05) is 25.5 Å². The largest absolute Gasteiger partial charge is 0.487 e. The van der Waals surface area contributed by atoms with Crippen LogP contribution in [-0.4, -0.2) is 59.4 Å².